The molecule has 0 aromatic carbocycles. The minimum Gasteiger partial charge on any atom is -0.481 e. The van der Waals surface area contributed by atoms with Crippen molar-refractivity contribution in [3.8, 4) is 0 Å². The summed E-state index contributed by atoms with van der Waals surface area (Å²) >= 11 is 5.70. The van der Waals surface area contributed by atoms with Crippen molar-refractivity contribution in [1.29, 1.82) is 0 Å². The molecule has 0 saturated carbocycles. The van der Waals surface area contributed by atoms with Gasteiger partial charge in [-0.1, -0.05) is 25.4 Å². The number of amides is 1. The quantitative estimate of drug-likeness (QED) is 0.870. The van der Waals surface area contributed by atoms with Crippen LogP contribution in [0.2, 0.25) is 5.02 Å². The van der Waals surface area contributed by atoms with E-state index in [4.69, 9.17) is 16.7 Å². The van der Waals surface area contributed by atoms with E-state index in [0.29, 0.717) is 5.02 Å². The Morgan fingerprint density at radius 2 is 2.11 bits per heavy atom. The van der Waals surface area contributed by atoms with Crippen LogP contribution in [0.25, 0.3) is 0 Å². The summed E-state index contributed by atoms with van der Waals surface area (Å²) in [6.07, 6.45) is 1.23. The van der Waals surface area contributed by atoms with Gasteiger partial charge in [0.25, 0.3) is 5.91 Å². The fourth-order valence-electron chi connectivity index (χ4n) is 1.54. The zero-order valence-corrected chi connectivity index (χ0v) is 11.9. The minimum atomic E-state index is -0.958. The Balaban J connectivity index is 2.88. The predicted octanol–water partition coefficient (Wildman–Crippen LogP) is 2.35. The molecule has 2 N–H and O–H groups in total. The Hall–Kier alpha value is -1.62. The maximum absolute atomic E-state index is 12.0. The number of carbonyl (C=O) groups is 2. The Morgan fingerprint density at radius 1 is 1.47 bits per heavy atom. The maximum atomic E-state index is 12.0. The molecule has 0 radical (unpaired) electrons. The number of carboxylic acid groups (broad SMARTS) is 1. The summed E-state index contributed by atoms with van der Waals surface area (Å²) < 4.78 is 0. The number of aliphatic carboxylic acids is 1. The average molecular weight is 285 g/mol. The van der Waals surface area contributed by atoms with Gasteiger partial charge < -0.3 is 10.4 Å². The Labute approximate surface area is 117 Å². The van der Waals surface area contributed by atoms with Crippen molar-refractivity contribution in [2.75, 3.05) is 0 Å². The van der Waals surface area contributed by atoms with Gasteiger partial charge in [-0.15, -0.1) is 0 Å². The summed E-state index contributed by atoms with van der Waals surface area (Å²) in [6.45, 7) is 5.43. The second-order valence-electron chi connectivity index (χ2n) is 4.96. The number of halogens is 1. The molecule has 1 aromatic heterocycles. The number of carbonyl (C=O) groups excluding carboxylic acids is 1. The first-order chi connectivity index (χ1) is 8.74. The van der Waals surface area contributed by atoms with E-state index >= 15 is 0 Å². The number of carboxylic acids is 1. The van der Waals surface area contributed by atoms with Gasteiger partial charge >= 0.3 is 5.97 Å². The molecule has 19 heavy (non-hydrogen) atoms. The first kappa shape index (κ1) is 15.4. The summed E-state index contributed by atoms with van der Waals surface area (Å²) in [5, 5.41) is 12.1. The Kier molecular flexibility index (Phi) is 4.89. The normalized spacial score (nSPS) is 13.9. The molecule has 0 aliphatic heterocycles. The highest BCUT2D eigenvalue weighted by molar-refractivity contribution is 6.30. The van der Waals surface area contributed by atoms with Gasteiger partial charge in [0.05, 0.1) is 17.0 Å². The smallest absolute Gasteiger partial charge is 0.305 e. The first-order valence-electron chi connectivity index (χ1n) is 5.90. The third-order valence-electron chi connectivity index (χ3n) is 3.15. The van der Waals surface area contributed by atoms with Crippen molar-refractivity contribution in [2.45, 2.75) is 32.7 Å². The van der Waals surface area contributed by atoms with Gasteiger partial charge in [-0.2, -0.15) is 0 Å². The molecule has 0 aliphatic carbocycles. The van der Waals surface area contributed by atoms with E-state index in [2.05, 4.69) is 10.3 Å². The number of nitrogens with one attached hydrogen (secondary N) is 1. The van der Waals surface area contributed by atoms with Gasteiger partial charge in [0, 0.05) is 6.20 Å². The molecule has 0 bridgehead atoms. The van der Waals surface area contributed by atoms with Crippen LogP contribution in [0.1, 0.15) is 37.7 Å². The minimum absolute atomic E-state index is 0.0279. The van der Waals surface area contributed by atoms with E-state index in [9.17, 15) is 9.59 Å². The van der Waals surface area contributed by atoms with Gasteiger partial charge in [-0.25, -0.2) is 4.98 Å². The zero-order chi connectivity index (χ0) is 14.6. The molecule has 0 saturated heterocycles. The number of rotatable bonds is 5. The van der Waals surface area contributed by atoms with Crippen LogP contribution in [-0.2, 0) is 4.79 Å². The van der Waals surface area contributed by atoms with Crippen molar-refractivity contribution >= 4 is 23.5 Å². The molecule has 0 fully saturated rings. The fraction of sp³-hybridized carbons (Fsp3) is 0.462. The lowest BCUT2D eigenvalue weighted by molar-refractivity contribution is -0.138. The molecule has 1 heterocycles. The highest BCUT2D eigenvalue weighted by atomic mass is 35.5. The van der Waals surface area contributed by atoms with Crippen molar-refractivity contribution in [3.05, 3.63) is 29.0 Å². The standard InChI is InChI=1S/C13H17ClN2O3/c1-8(2)13(3,6-11(17)18)16-12(19)10-5-4-9(14)7-15-10/h4-5,7-8H,6H2,1-3H3,(H,16,19)(H,17,18). The largest absolute Gasteiger partial charge is 0.481 e. The first-order valence-corrected chi connectivity index (χ1v) is 6.28. The van der Waals surface area contributed by atoms with Gasteiger partial charge in [0.2, 0.25) is 0 Å². The number of nitrogens with zero attached hydrogens (tertiary/aromatic N) is 1. The molecule has 104 valence electrons. The average Bonchev–Trinajstić information content (AvgIpc) is 2.28. The number of hydrogen-bond acceptors (Lipinski definition) is 3. The van der Waals surface area contributed by atoms with E-state index in [0.717, 1.165) is 0 Å². The molecule has 6 heteroatoms. The second kappa shape index (κ2) is 6.02. The van der Waals surface area contributed by atoms with E-state index in [1.54, 1.807) is 13.0 Å². The SMILES string of the molecule is CC(C)C(C)(CC(=O)O)NC(=O)c1ccc(Cl)cn1. The number of aromatic nitrogens is 1. The van der Waals surface area contributed by atoms with Crippen molar-refractivity contribution in [1.82, 2.24) is 10.3 Å². The fourth-order valence-corrected chi connectivity index (χ4v) is 1.65. The van der Waals surface area contributed by atoms with Gasteiger partial charge in [0.15, 0.2) is 0 Å². The van der Waals surface area contributed by atoms with Gasteiger partial charge in [-0.3, -0.25) is 9.59 Å². The highest BCUT2D eigenvalue weighted by Crippen LogP contribution is 2.21. The third-order valence-corrected chi connectivity index (χ3v) is 3.38. The monoisotopic (exact) mass is 284 g/mol. The van der Waals surface area contributed by atoms with Crippen LogP contribution >= 0.6 is 11.6 Å². The summed E-state index contributed by atoms with van der Waals surface area (Å²) in [6, 6.07) is 3.06. The molecule has 1 aromatic rings. The van der Waals surface area contributed by atoms with E-state index in [-0.39, 0.29) is 18.0 Å². The van der Waals surface area contributed by atoms with E-state index < -0.39 is 17.4 Å². The predicted molar refractivity (Wildman–Crippen MR) is 72.2 cm³/mol. The lowest BCUT2D eigenvalue weighted by atomic mass is 9.85. The summed E-state index contributed by atoms with van der Waals surface area (Å²) in [7, 11) is 0. The van der Waals surface area contributed by atoms with Crippen LogP contribution in [0.4, 0.5) is 0 Å². The molecular formula is C13H17ClN2O3. The van der Waals surface area contributed by atoms with Crippen LogP contribution in [0.15, 0.2) is 18.3 Å². The third kappa shape index (κ3) is 4.21. The van der Waals surface area contributed by atoms with Crippen molar-refractivity contribution in [3.63, 3.8) is 0 Å². The molecule has 1 rings (SSSR count). The topological polar surface area (TPSA) is 79.3 Å². The lowest BCUT2D eigenvalue weighted by Crippen LogP contribution is -2.51. The summed E-state index contributed by atoms with van der Waals surface area (Å²) in [5.41, 5.74) is -0.619. The molecular weight excluding hydrogens is 268 g/mol. The lowest BCUT2D eigenvalue weighted by Gasteiger charge is -2.33. The zero-order valence-electron chi connectivity index (χ0n) is 11.1. The van der Waals surface area contributed by atoms with E-state index in [1.165, 1.54) is 12.3 Å². The number of pyridine rings is 1. The highest BCUT2D eigenvalue weighted by Gasteiger charge is 2.33. The van der Waals surface area contributed by atoms with Crippen LogP contribution in [0.3, 0.4) is 0 Å². The maximum Gasteiger partial charge on any atom is 0.305 e. The molecule has 0 aliphatic rings. The van der Waals surface area contributed by atoms with Crippen LogP contribution in [0.5, 0.6) is 0 Å². The molecule has 0 spiro atoms. The van der Waals surface area contributed by atoms with Crippen molar-refractivity contribution in [2.24, 2.45) is 5.92 Å². The second-order valence-corrected chi connectivity index (χ2v) is 5.39. The Morgan fingerprint density at radius 3 is 2.53 bits per heavy atom. The van der Waals surface area contributed by atoms with Crippen LogP contribution in [0, 0.1) is 5.92 Å². The molecule has 1 atom stereocenters. The van der Waals surface area contributed by atoms with E-state index in [1.807, 2.05) is 13.8 Å². The van der Waals surface area contributed by atoms with Crippen LogP contribution < -0.4 is 5.32 Å². The summed E-state index contributed by atoms with van der Waals surface area (Å²) in [5.74, 6) is -1.39. The molecule has 1 unspecified atom stereocenters. The summed E-state index contributed by atoms with van der Waals surface area (Å²) in [4.78, 5) is 26.9. The molecule has 1 amide bonds. The van der Waals surface area contributed by atoms with Gasteiger partial charge in [-0.05, 0) is 25.0 Å². The van der Waals surface area contributed by atoms with Crippen LogP contribution in [-0.4, -0.2) is 27.5 Å². The molecule has 5 nitrogen and oxygen atoms in total. The Bertz CT molecular complexity index is 473. The van der Waals surface area contributed by atoms with Gasteiger partial charge in [0.1, 0.15) is 5.69 Å². The van der Waals surface area contributed by atoms with Crippen molar-refractivity contribution < 1.29 is 14.7 Å². The number of hydrogen-bond donors (Lipinski definition) is 2.